The van der Waals surface area contributed by atoms with Crippen LogP contribution in [0.15, 0.2) is 58.5 Å². The number of nitrogens with zero attached hydrogens (tertiary/aromatic N) is 2. The van der Waals surface area contributed by atoms with Crippen molar-refractivity contribution in [2.45, 2.75) is 30.3 Å². The SMILES string of the molecule is COCC(C)n1c(SC(C)C(=O)c2cccc(Cl)c2)nc2ccccc2c1=O. The van der Waals surface area contributed by atoms with Crippen LogP contribution in [0, 0.1) is 0 Å². The normalized spacial score (nSPS) is 13.4. The number of ether oxygens (including phenoxy) is 1. The summed E-state index contributed by atoms with van der Waals surface area (Å²) in [4.78, 5) is 30.6. The third kappa shape index (κ3) is 4.29. The van der Waals surface area contributed by atoms with Crippen LogP contribution in [-0.2, 0) is 4.74 Å². The lowest BCUT2D eigenvalue weighted by atomic mass is 10.1. The third-order valence-electron chi connectivity index (χ3n) is 4.38. The smallest absolute Gasteiger partial charge is 0.262 e. The molecule has 2 unspecified atom stereocenters. The van der Waals surface area contributed by atoms with E-state index in [1.54, 1.807) is 55.0 Å². The number of benzene rings is 2. The first-order valence-corrected chi connectivity index (χ1v) is 10.1. The van der Waals surface area contributed by atoms with E-state index in [-0.39, 0.29) is 17.4 Å². The zero-order valence-corrected chi connectivity index (χ0v) is 17.5. The summed E-state index contributed by atoms with van der Waals surface area (Å²) in [6, 6.07) is 13.9. The van der Waals surface area contributed by atoms with E-state index < -0.39 is 5.25 Å². The van der Waals surface area contributed by atoms with Crippen molar-refractivity contribution in [2.24, 2.45) is 0 Å². The third-order valence-corrected chi connectivity index (χ3v) is 5.69. The molecule has 0 N–H and O–H groups in total. The van der Waals surface area contributed by atoms with Crippen LogP contribution in [-0.4, -0.2) is 34.3 Å². The maximum absolute atomic E-state index is 13.1. The number of aromatic nitrogens is 2. The summed E-state index contributed by atoms with van der Waals surface area (Å²) >= 11 is 7.28. The van der Waals surface area contributed by atoms with Gasteiger partial charge in [-0.25, -0.2) is 4.98 Å². The fourth-order valence-electron chi connectivity index (χ4n) is 3.00. The summed E-state index contributed by atoms with van der Waals surface area (Å²) in [7, 11) is 1.59. The van der Waals surface area contributed by atoms with Crippen LogP contribution >= 0.6 is 23.4 Å². The van der Waals surface area contributed by atoms with Gasteiger partial charge in [0.1, 0.15) is 0 Å². The number of carbonyl (C=O) groups is 1. The van der Waals surface area contributed by atoms with Crippen molar-refractivity contribution in [1.29, 1.82) is 0 Å². The summed E-state index contributed by atoms with van der Waals surface area (Å²) in [5.74, 6) is -0.0687. The number of para-hydroxylation sites is 1. The second kappa shape index (κ2) is 8.90. The van der Waals surface area contributed by atoms with Gasteiger partial charge in [-0.15, -0.1) is 0 Å². The van der Waals surface area contributed by atoms with Crippen molar-refractivity contribution in [3.8, 4) is 0 Å². The minimum absolute atomic E-state index is 0.0687. The van der Waals surface area contributed by atoms with E-state index in [1.807, 2.05) is 19.1 Å². The van der Waals surface area contributed by atoms with Gasteiger partial charge >= 0.3 is 0 Å². The number of fused-ring (bicyclic) bond motifs is 1. The van der Waals surface area contributed by atoms with Crippen molar-refractivity contribution in [1.82, 2.24) is 9.55 Å². The summed E-state index contributed by atoms with van der Waals surface area (Å²) in [6.45, 7) is 4.07. The zero-order valence-electron chi connectivity index (χ0n) is 15.9. The van der Waals surface area contributed by atoms with Gasteiger partial charge in [0.15, 0.2) is 10.9 Å². The molecule has 0 aliphatic rings. The topological polar surface area (TPSA) is 61.2 Å². The number of carbonyl (C=O) groups excluding carboxylic acids is 1. The first kappa shape index (κ1) is 20.6. The number of thioether (sulfide) groups is 1. The minimum Gasteiger partial charge on any atom is -0.383 e. The van der Waals surface area contributed by atoms with Gasteiger partial charge in [0, 0.05) is 17.7 Å². The van der Waals surface area contributed by atoms with E-state index in [0.29, 0.717) is 33.3 Å². The number of halogens is 1. The highest BCUT2D eigenvalue weighted by molar-refractivity contribution is 8.00. The van der Waals surface area contributed by atoms with Crippen LogP contribution in [0.2, 0.25) is 5.02 Å². The van der Waals surface area contributed by atoms with Crippen molar-refractivity contribution >= 4 is 40.0 Å². The molecule has 146 valence electrons. The molecule has 2 atom stereocenters. The van der Waals surface area contributed by atoms with E-state index in [9.17, 15) is 9.59 Å². The fraction of sp³-hybridized carbons (Fsp3) is 0.286. The predicted octanol–water partition coefficient (Wildman–Crippen LogP) is 4.62. The van der Waals surface area contributed by atoms with E-state index in [0.717, 1.165) is 0 Å². The monoisotopic (exact) mass is 416 g/mol. The van der Waals surface area contributed by atoms with Crippen molar-refractivity contribution in [3.05, 3.63) is 69.5 Å². The first-order chi connectivity index (χ1) is 13.4. The maximum Gasteiger partial charge on any atom is 0.262 e. The second-order valence-corrected chi connectivity index (χ2v) is 8.27. The molecule has 3 aromatic rings. The molecule has 1 heterocycles. The second-order valence-electron chi connectivity index (χ2n) is 6.53. The molecule has 28 heavy (non-hydrogen) atoms. The maximum atomic E-state index is 13.1. The lowest BCUT2D eigenvalue weighted by molar-refractivity contribution is 0.0993. The molecule has 0 radical (unpaired) electrons. The van der Waals surface area contributed by atoms with Crippen LogP contribution in [0.25, 0.3) is 10.9 Å². The van der Waals surface area contributed by atoms with Gasteiger partial charge in [-0.1, -0.05) is 47.6 Å². The van der Waals surface area contributed by atoms with Gasteiger partial charge in [0.25, 0.3) is 5.56 Å². The number of Topliss-reactive ketones (excluding diaryl/α,β-unsaturated/α-hetero) is 1. The molecule has 5 nitrogen and oxygen atoms in total. The van der Waals surface area contributed by atoms with Crippen LogP contribution < -0.4 is 5.56 Å². The summed E-state index contributed by atoms with van der Waals surface area (Å²) in [6.07, 6.45) is 0. The van der Waals surface area contributed by atoms with Crippen molar-refractivity contribution in [3.63, 3.8) is 0 Å². The molecular weight excluding hydrogens is 396 g/mol. The Morgan fingerprint density at radius 3 is 2.68 bits per heavy atom. The van der Waals surface area contributed by atoms with Gasteiger partial charge in [-0.2, -0.15) is 0 Å². The van der Waals surface area contributed by atoms with Gasteiger partial charge in [0.05, 0.1) is 28.8 Å². The number of ketones is 1. The molecule has 1 aromatic heterocycles. The van der Waals surface area contributed by atoms with E-state index in [1.165, 1.54) is 11.8 Å². The largest absolute Gasteiger partial charge is 0.383 e. The van der Waals surface area contributed by atoms with Crippen molar-refractivity contribution < 1.29 is 9.53 Å². The minimum atomic E-state index is -0.437. The molecule has 0 aliphatic heterocycles. The molecule has 7 heteroatoms. The molecule has 0 amide bonds. The van der Waals surface area contributed by atoms with Gasteiger partial charge in [0.2, 0.25) is 0 Å². The Bertz CT molecular complexity index is 1070. The molecule has 0 bridgehead atoms. The lowest BCUT2D eigenvalue weighted by Gasteiger charge is -2.20. The molecule has 0 fully saturated rings. The highest BCUT2D eigenvalue weighted by Crippen LogP contribution is 2.27. The van der Waals surface area contributed by atoms with Crippen LogP contribution in [0.3, 0.4) is 0 Å². The highest BCUT2D eigenvalue weighted by atomic mass is 35.5. The summed E-state index contributed by atoms with van der Waals surface area (Å²) < 4.78 is 6.85. The Morgan fingerprint density at radius 2 is 1.96 bits per heavy atom. The molecule has 2 aromatic carbocycles. The highest BCUT2D eigenvalue weighted by Gasteiger charge is 2.22. The Kier molecular flexibility index (Phi) is 6.54. The summed E-state index contributed by atoms with van der Waals surface area (Å²) in [5.41, 5.74) is 1.01. The van der Waals surface area contributed by atoms with Crippen LogP contribution in [0.1, 0.15) is 30.2 Å². The average Bonchev–Trinajstić information content (AvgIpc) is 2.67. The van der Waals surface area contributed by atoms with Gasteiger partial charge in [-0.05, 0) is 38.1 Å². The van der Waals surface area contributed by atoms with Crippen LogP contribution in [0.4, 0.5) is 0 Å². The van der Waals surface area contributed by atoms with Gasteiger partial charge < -0.3 is 4.74 Å². The molecule has 0 saturated heterocycles. The van der Waals surface area contributed by atoms with Crippen LogP contribution in [0.5, 0.6) is 0 Å². The number of hydrogen-bond acceptors (Lipinski definition) is 5. The first-order valence-electron chi connectivity index (χ1n) is 8.89. The van der Waals surface area contributed by atoms with Crippen molar-refractivity contribution in [2.75, 3.05) is 13.7 Å². The van der Waals surface area contributed by atoms with E-state index in [2.05, 4.69) is 4.98 Å². The Labute approximate surface area is 172 Å². The number of rotatable bonds is 7. The lowest BCUT2D eigenvalue weighted by Crippen LogP contribution is -2.29. The zero-order chi connectivity index (χ0) is 20.3. The molecule has 0 aliphatic carbocycles. The van der Waals surface area contributed by atoms with E-state index >= 15 is 0 Å². The Hall–Kier alpha value is -2.15. The fourth-order valence-corrected chi connectivity index (χ4v) is 4.28. The Balaban J connectivity index is 2.02. The molecule has 0 spiro atoms. The number of methoxy groups -OCH3 is 1. The standard InChI is InChI=1S/C21H21ClN2O3S/c1-13(12-27-3)24-20(26)17-9-4-5-10-18(17)23-21(24)28-14(2)19(25)15-7-6-8-16(22)11-15/h4-11,13-14H,12H2,1-3H3. The predicted molar refractivity (Wildman–Crippen MR) is 114 cm³/mol. The van der Waals surface area contributed by atoms with E-state index in [4.69, 9.17) is 16.3 Å². The number of hydrogen-bond donors (Lipinski definition) is 0. The quantitative estimate of drug-likeness (QED) is 0.319. The average molecular weight is 417 g/mol. The Morgan fingerprint density at radius 1 is 1.21 bits per heavy atom. The summed E-state index contributed by atoms with van der Waals surface area (Å²) in [5, 5.41) is 1.12. The van der Waals surface area contributed by atoms with Gasteiger partial charge in [-0.3, -0.25) is 14.2 Å². The molecular formula is C21H21ClN2O3S. The molecule has 3 rings (SSSR count). The molecule has 0 saturated carbocycles.